The molecule has 0 N–H and O–H groups in total. The van der Waals surface area contributed by atoms with Crippen molar-refractivity contribution in [1.82, 2.24) is 0 Å². The molecule has 0 radical (unpaired) electrons. The van der Waals surface area contributed by atoms with Crippen LogP contribution in [0.2, 0.25) is 0 Å². The molecule has 1 aromatic rings. The van der Waals surface area contributed by atoms with Crippen LogP contribution in [0.5, 0.6) is 0 Å². The third-order valence-corrected chi connectivity index (χ3v) is 1.76. The maximum absolute atomic E-state index is 4.88. The summed E-state index contributed by atoms with van der Waals surface area (Å²) in [6.07, 6.45) is 0. The van der Waals surface area contributed by atoms with Crippen LogP contribution in [0, 0.1) is 0 Å². The molecule has 0 aliphatic carbocycles. The maximum Gasteiger partial charge on any atom is 1.00 e. The molecule has 0 spiro atoms. The van der Waals surface area contributed by atoms with Crippen LogP contribution in [0.1, 0.15) is 0 Å². The van der Waals surface area contributed by atoms with E-state index >= 15 is 0 Å². The Morgan fingerprint density at radius 3 is 2.11 bits per heavy atom. The van der Waals surface area contributed by atoms with Crippen molar-refractivity contribution >= 4 is 25.3 Å². The maximum atomic E-state index is 4.88. The SMILES string of the molecule is [Na+].[S-]c1ccccc1S. The van der Waals surface area contributed by atoms with E-state index in [4.69, 9.17) is 12.6 Å². The van der Waals surface area contributed by atoms with Gasteiger partial charge in [0.25, 0.3) is 0 Å². The molecule has 9 heavy (non-hydrogen) atoms. The second-order valence-corrected chi connectivity index (χ2v) is 2.39. The first kappa shape index (κ1) is 9.79. The van der Waals surface area contributed by atoms with Crippen LogP contribution in [0.25, 0.3) is 0 Å². The Labute approximate surface area is 88.2 Å². The summed E-state index contributed by atoms with van der Waals surface area (Å²) in [7, 11) is 0. The van der Waals surface area contributed by atoms with Crippen molar-refractivity contribution in [3.05, 3.63) is 24.3 Å². The molecular weight excluding hydrogens is 159 g/mol. The zero-order valence-corrected chi connectivity index (χ0v) is 8.88. The number of hydrogen-bond acceptors (Lipinski definition) is 2. The van der Waals surface area contributed by atoms with Gasteiger partial charge in [0.2, 0.25) is 0 Å². The van der Waals surface area contributed by atoms with Crippen LogP contribution in [0.15, 0.2) is 34.1 Å². The van der Waals surface area contributed by atoms with Gasteiger partial charge in [-0.25, -0.2) is 0 Å². The predicted molar refractivity (Wildman–Crippen MR) is 39.3 cm³/mol. The Morgan fingerprint density at radius 2 is 1.78 bits per heavy atom. The average molecular weight is 164 g/mol. The van der Waals surface area contributed by atoms with E-state index in [1.54, 1.807) is 0 Å². The quantitative estimate of drug-likeness (QED) is 0.288. The minimum Gasteiger partial charge on any atom is -0.779 e. The minimum atomic E-state index is 0. The van der Waals surface area contributed by atoms with E-state index in [9.17, 15) is 0 Å². The molecule has 0 amide bonds. The molecule has 0 unspecified atom stereocenters. The Morgan fingerprint density at radius 1 is 1.22 bits per heavy atom. The van der Waals surface area contributed by atoms with Crippen LogP contribution in [0.3, 0.4) is 0 Å². The fourth-order valence-electron chi connectivity index (χ4n) is 0.457. The van der Waals surface area contributed by atoms with Crippen LogP contribution in [-0.2, 0) is 12.6 Å². The summed E-state index contributed by atoms with van der Waals surface area (Å²) in [5, 5.41) is 0. The Bertz CT molecular complexity index is 167. The Balaban J connectivity index is 0.000000640. The van der Waals surface area contributed by atoms with Crippen LogP contribution in [-0.4, -0.2) is 0 Å². The van der Waals surface area contributed by atoms with Gasteiger partial charge in [-0.1, -0.05) is 24.3 Å². The van der Waals surface area contributed by atoms with Gasteiger partial charge in [0.05, 0.1) is 0 Å². The van der Waals surface area contributed by atoms with E-state index in [0.29, 0.717) is 0 Å². The molecular formula is C6H5NaS2. The van der Waals surface area contributed by atoms with Crippen LogP contribution in [0.4, 0.5) is 0 Å². The summed E-state index contributed by atoms with van der Waals surface area (Å²) in [4.78, 5) is 1.69. The van der Waals surface area contributed by atoms with Gasteiger partial charge in [0, 0.05) is 0 Å². The van der Waals surface area contributed by atoms with Gasteiger partial charge >= 0.3 is 29.6 Å². The molecule has 0 aliphatic rings. The standard InChI is InChI=1S/C6H6S2.Na/c7-5-3-1-2-4-6(5)8;/h1-4,7-8H;/q;+1/p-1. The largest absolute Gasteiger partial charge is 1.00 e. The van der Waals surface area contributed by atoms with E-state index in [1.165, 1.54) is 0 Å². The van der Waals surface area contributed by atoms with Crippen molar-refractivity contribution in [1.29, 1.82) is 0 Å². The molecule has 1 rings (SSSR count). The van der Waals surface area contributed by atoms with E-state index in [-0.39, 0.29) is 29.6 Å². The van der Waals surface area contributed by atoms with Crippen molar-refractivity contribution in [3.8, 4) is 0 Å². The monoisotopic (exact) mass is 164 g/mol. The molecule has 0 aromatic heterocycles. The molecule has 3 heteroatoms. The Kier molecular flexibility index (Phi) is 4.98. The number of hydrogen-bond donors (Lipinski definition) is 1. The molecule has 1 aromatic carbocycles. The van der Waals surface area contributed by atoms with Crippen molar-refractivity contribution in [2.45, 2.75) is 9.79 Å². The smallest absolute Gasteiger partial charge is 0.779 e. The fraction of sp³-hybridized carbons (Fsp3) is 0. The van der Waals surface area contributed by atoms with Gasteiger partial charge in [0.1, 0.15) is 0 Å². The van der Waals surface area contributed by atoms with Gasteiger partial charge in [-0.15, -0.1) is 12.6 Å². The summed E-state index contributed by atoms with van der Waals surface area (Å²) in [6, 6.07) is 7.56. The molecule has 0 heterocycles. The normalized spacial score (nSPS) is 8.11. The average Bonchev–Trinajstić information content (AvgIpc) is 1.77. The minimum absolute atomic E-state index is 0. The number of rotatable bonds is 0. The molecule has 0 atom stereocenters. The summed E-state index contributed by atoms with van der Waals surface area (Å²) in [6.45, 7) is 0. The van der Waals surface area contributed by atoms with Crippen molar-refractivity contribution in [3.63, 3.8) is 0 Å². The second kappa shape index (κ2) is 4.58. The Hall–Kier alpha value is 0.790. The van der Waals surface area contributed by atoms with E-state index < -0.39 is 0 Å². The van der Waals surface area contributed by atoms with Crippen molar-refractivity contribution in [2.75, 3.05) is 0 Å². The van der Waals surface area contributed by atoms with Gasteiger partial charge in [-0.3, -0.25) is 0 Å². The number of benzene rings is 1. The molecule has 0 fully saturated rings. The van der Waals surface area contributed by atoms with E-state index in [1.807, 2.05) is 24.3 Å². The van der Waals surface area contributed by atoms with Gasteiger partial charge in [-0.2, -0.15) is 4.90 Å². The van der Waals surface area contributed by atoms with Crippen molar-refractivity contribution < 1.29 is 29.6 Å². The first-order valence-electron chi connectivity index (χ1n) is 2.26. The third-order valence-electron chi connectivity index (χ3n) is 0.865. The summed E-state index contributed by atoms with van der Waals surface area (Å²) < 4.78 is 0. The summed E-state index contributed by atoms with van der Waals surface area (Å²) >= 11 is 8.97. The molecule has 0 bridgehead atoms. The molecule has 0 saturated heterocycles. The summed E-state index contributed by atoms with van der Waals surface area (Å²) in [5.41, 5.74) is 0. The topological polar surface area (TPSA) is 0 Å². The molecule has 0 saturated carbocycles. The van der Waals surface area contributed by atoms with E-state index in [2.05, 4.69) is 12.6 Å². The second-order valence-electron chi connectivity index (χ2n) is 1.47. The zero-order chi connectivity index (χ0) is 5.98. The molecule has 42 valence electrons. The number of thiol groups is 1. The van der Waals surface area contributed by atoms with Crippen LogP contribution >= 0.6 is 12.6 Å². The third kappa shape index (κ3) is 2.92. The van der Waals surface area contributed by atoms with Gasteiger partial charge in [-0.05, 0) is 4.90 Å². The first-order chi connectivity index (χ1) is 3.80. The zero-order valence-electron chi connectivity index (χ0n) is 5.16. The molecule has 0 nitrogen and oxygen atoms in total. The van der Waals surface area contributed by atoms with Gasteiger partial charge < -0.3 is 12.6 Å². The predicted octanol–water partition coefficient (Wildman–Crippen LogP) is -1.11. The van der Waals surface area contributed by atoms with Gasteiger partial charge in [0.15, 0.2) is 0 Å². The summed E-state index contributed by atoms with van der Waals surface area (Å²) in [5.74, 6) is 0. The van der Waals surface area contributed by atoms with Crippen LogP contribution < -0.4 is 29.6 Å². The van der Waals surface area contributed by atoms with Crippen molar-refractivity contribution in [2.24, 2.45) is 0 Å². The molecule has 0 aliphatic heterocycles. The van der Waals surface area contributed by atoms with E-state index in [0.717, 1.165) is 9.79 Å². The fourth-order valence-corrected chi connectivity index (χ4v) is 0.764. The first-order valence-corrected chi connectivity index (χ1v) is 3.11.